The van der Waals surface area contributed by atoms with E-state index in [1.54, 1.807) is 23.8 Å². The van der Waals surface area contributed by atoms with Gasteiger partial charge in [-0.05, 0) is 13.0 Å². The third kappa shape index (κ3) is 2.55. The number of aromatic nitrogens is 3. The molecule has 0 spiro atoms. The summed E-state index contributed by atoms with van der Waals surface area (Å²) in [6.07, 6.45) is 2.36. The van der Waals surface area contributed by atoms with Crippen molar-refractivity contribution in [2.45, 2.75) is 13.0 Å². The summed E-state index contributed by atoms with van der Waals surface area (Å²) in [6.45, 7) is 1.79. The number of carboxylic acid groups (broad SMARTS) is 1. The number of hydrogen-bond donors (Lipinski definition) is 2. The fraction of sp³-hybridized carbons (Fsp3) is 0.133. The molecule has 0 aliphatic rings. The molecule has 2 heterocycles. The summed E-state index contributed by atoms with van der Waals surface area (Å²) in [4.78, 5) is 15.1. The maximum absolute atomic E-state index is 10.9. The van der Waals surface area contributed by atoms with Crippen LogP contribution in [0.3, 0.4) is 0 Å². The summed E-state index contributed by atoms with van der Waals surface area (Å²) in [5.74, 6) is 0. The highest BCUT2D eigenvalue weighted by atomic mass is 16.4. The Labute approximate surface area is 121 Å². The first-order valence-corrected chi connectivity index (χ1v) is 6.54. The van der Waals surface area contributed by atoms with Crippen LogP contribution in [0, 0.1) is 0 Å². The Balaban J connectivity index is 2.17. The number of benzene rings is 1. The molecule has 1 unspecified atom stereocenters. The molecular formula is C15H14N4O2. The van der Waals surface area contributed by atoms with Crippen molar-refractivity contribution in [2.75, 3.05) is 0 Å². The van der Waals surface area contributed by atoms with Crippen LogP contribution in [-0.4, -0.2) is 25.8 Å². The molecule has 1 atom stereocenters. The van der Waals surface area contributed by atoms with Gasteiger partial charge in [-0.3, -0.25) is 0 Å². The summed E-state index contributed by atoms with van der Waals surface area (Å²) in [5, 5.41) is 15.9. The van der Waals surface area contributed by atoms with E-state index in [9.17, 15) is 4.79 Å². The number of carbonyl (C=O) groups is 1. The van der Waals surface area contributed by atoms with Gasteiger partial charge in [-0.1, -0.05) is 30.3 Å². The van der Waals surface area contributed by atoms with Crippen LogP contribution in [0.2, 0.25) is 0 Å². The lowest BCUT2D eigenvalue weighted by Gasteiger charge is -2.16. The van der Waals surface area contributed by atoms with Gasteiger partial charge >= 0.3 is 6.09 Å². The summed E-state index contributed by atoms with van der Waals surface area (Å²) < 4.78 is 1.68. The van der Waals surface area contributed by atoms with E-state index in [-0.39, 0.29) is 6.04 Å². The third-order valence-corrected chi connectivity index (χ3v) is 3.27. The van der Waals surface area contributed by atoms with Crippen molar-refractivity contribution in [3.63, 3.8) is 0 Å². The van der Waals surface area contributed by atoms with Crippen LogP contribution in [0.4, 0.5) is 4.79 Å². The van der Waals surface area contributed by atoms with Crippen molar-refractivity contribution in [3.05, 3.63) is 54.4 Å². The molecule has 6 nitrogen and oxygen atoms in total. The first-order valence-electron chi connectivity index (χ1n) is 6.54. The van der Waals surface area contributed by atoms with Crippen LogP contribution in [-0.2, 0) is 0 Å². The topological polar surface area (TPSA) is 79.5 Å². The van der Waals surface area contributed by atoms with Gasteiger partial charge in [-0.2, -0.15) is 5.10 Å². The maximum Gasteiger partial charge on any atom is 0.405 e. The van der Waals surface area contributed by atoms with Gasteiger partial charge in [0.15, 0.2) is 5.65 Å². The van der Waals surface area contributed by atoms with Gasteiger partial charge in [-0.25, -0.2) is 14.3 Å². The second kappa shape index (κ2) is 5.24. The summed E-state index contributed by atoms with van der Waals surface area (Å²) in [6, 6.07) is 11.1. The highest BCUT2D eigenvalue weighted by molar-refractivity contribution is 5.69. The molecule has 6 heteroatoms. The van der Waals surface area contributed by atoms with Crippen LogP contribution in [0.15, 0.2) is 48.8 Å². The fourth-order valence-corrected chi connectivity index (χ4v) is 2.28. The highest BCUT2D eigenvalue weighted by Crippen LogP contribution is 2.27. The first kappa shape index (κ1) is 13.1. The van der Waals surface area contributed by atoms with Gasteiger partial charge in [0.1, 0.15) is 0 Å². The molecule has 3 rings (SSSR count). The number of nitrogens with one attached hydrogen (secondary N) is 1. The minimum absolute atomic E-state index is 0.382. The Morgan fingerprint density at radius 3 is 2.81 bits per heavy atom. The van der Waals surface area contributed by atoms with E-state index in [4.69, 9.17) is 5.11 Å². The van der Waals surface area contributed by atoms with Gasteiger partial charge in [0.2, 0.25) is 0 Å². The van der Waals surface area contributed by atoms with Gasteiger partial charge in [0.25, 0.3) is 0 Å². The largest absolute Gasteiger partial charge is 0.465 e. The molecule has 0 saturated carbocycles. The molecule has 1 aromatic carbocycles. The molecule has 2 N–H and O–H groups in total. The average Bonchev–Trinajstić information content (AvgIpc) is 2.93. The maximum atomic E-state index is 10.9. The van der Waals surface area contributed by atoms with Crippen molar-refractivity contribution < 1.29 is 9.90 Å². The SMILES string of the molecule is CC(NC(=O)O)c1cc2nccn2nc1-c1ccccc1. The molecule has 1 amide bonds. The number of amides is 1. The summed E-state index contributed by atoms with van der Waals surface area (Å²) in [7, 11) is 0. The Bertz CT molecular complexity index is 783. The molecular weight excluding hydrogens is 268 g/mol. The van der Waals surface area contributed by atoms with Crippen molar-refractivity contribution in [2.24, 2.45) is 0 Å². The van der Waals surface area contributed by atoms with Crippen molar-refractivity contribution in [1.82, 2.24) is 19.9 Å². The molecule has 2 aromatic heterocycles. The molecule has 106 valence electrons. The normalized spacial score (nSPS) is 12.2. The number of hydrogen-bond acceptors (Lipinski definition) is 3. The summed E-state index contributed by atoms with van der Waals surface area (Å²) >= 11 is 0. The monoisotopic (exact) mass is 282 g/mol. The average molecular weight is 282 g/mol. The number of imidazole rings is 1. The van der Waals surface area contributed by atoms with Gasteiger partial charge < -0.3 is 10.4 Å². The van der Waals surface area contributed by atoms with Gasteiger partial charge in [0.05, 0.1) is 11.7 Å². The Morgan fingerprint density at radius 2 is 2.10 bits per heavy atom. The first-order chi connectivity index (χ1) is 10.1. The van der Waals surface area contributed by atoms with Gasteiger partial charge in [-0.15, -0.1) is 0 Å². The lowest BCUT2D eigenvalue weighted by atomic mass is 10.0. The minimum Gasteiger partial charge on any atom is -0.465 e. The minimum atomic E-state index is -1.07. The molecule has 21 heavy (non-hydrogen) atoms. The van der Waals surface area contributed by atoms with Crippen LogP contribution in [0.1, 0.15) is 18.5 Å². The fourth-order valence-electron chi connectivity index (χ4n) is 2.28. The lowest BCUT2D eigenvalue weighted by Crippen LogP contribution is -2.25. The molecule has 3 aromatic rings. The van der Waals surface area contributed by atoms with E-state index in [2.05, 4.69) is 15.4 Å². The molecule has 0 aliphatic carbocycles. The molecule has 0 radical (unpaired) electrons. The summed E-state index contributed by atoms with van der Waals surface area (Å²) in [5.41, 5.74) is 3.15. The number of fused-ring (bicyclic) bond motifs is 1. The van der Waals surface area contributed by atoms with Crippen molar-refractivity contribution in [1.29, 1.82) is 0 Å². The number of rotatable bonds is 3. The van der Waals surface area contributed by atoms with Crippen LogP contribution in [0.5, 0.6) is 0 Å². The van der Waals surface area contributed by atoms with Crippen molar-refractivity contribution >= 4 is 11.7 Å². The third-order valence-electron chi connectivity index (χ3n) is 3.27. The second-order valence-corrected chi connectivity index (χ2v) is 4.72. The predicted molar refractivity (Wildman–Crippen MR) is 78.0 cm³/mol. The molecule has 0 fully saturated rings. The molecule has 0 aliphatic heterocycles. The van der Waals surface area contributed by atoms with E-state index in [0.29, 0.717) is 5.65 Å². The zero-order valence-corrected chi connectivity index (χ0v) is 11.4. The van der Waals surface area contributed by atoms with E-state index >= 15 is 0 Å². The van der Waals surface area contributed by atoms with E-state index in [1.165, 1.54) is 0 Å². The smallest absolute Gasteiger partial charge is 0.405 e. The van der Waals surface area contributed by atoms with Gasteiger partial charge in [0, 0.05) is 23.5 Å². The quantitative estimate of drug-likeness (QED) is 0.774. The van der Waals surface area contributed by atoms with Crippen LogP contribution in [0.25, 0.3) is 16.9 Å². The zero-order valence-electron chi connectivity index (χ0n) is 11.4. The van der Waals surface area contributed by atoms with Crippen LogP contribution >= 0.6 is 0 Å². The highest BCUT2D eigenvalue weighted by Gasteiger charge is 2.17. The second-order valence-electron chi connectivity index (χ2n) is 4.72. The predicted octanol–water partition coefficient (Wildman–Crippen LogP) is 2.72. The van der Waals surface area contributed by atoms with Crippen molar-refractivity contribution in [3.8, 4) is 11.3 Å². The molecule has 0 bridgehead atoms. The Hall–Kier alpha value is -2.89. The Kier molecular flexibility index (Phi) is 3.27. The van der Waals surface area contributed by atoms with E-state index in [0.717, 1.165) is 16.8 Å². The van der Waals surface area contributed by atoms with Crippen LogP contribution < -0.4 is 5.32 Å². The van der Waals surface area contributed by atoms with E-state index < -0.39 is 6.09 Å². The molecule has 0 saturated heterocycles. The lowest BCUT2D eigenvalue weighted by molar-refractivity contribution is 0.191. The standard InChI is InChI=1S/C15H14N4O2/c1-10(17-15(20)21)12-9-13-16-7-8-19(13)18-14(12)11-5-3-2-4-6-11/h2-10,17H,1H3,(H,20,21). The Morgan fingerprint density at radius 1 is 1.33 bits per heavy atom. The zero-order chi connectivity index (χ0) is 14.8. The van der Waals surface area contributed by atoms with E-state index in [1.807, 2.05) is 36.4 Å². The number of nitrogens with zero attached hydrogens (tertiary/aromatic N) is 3.